The fraction of sp³-hybridized carbons (Fsp3) is 0.769. The minimum atomic E-state index is 0.539. The number of rotatable bonds is 4. The standard InChI is InChI=1S/C13H23N3S/c1-9(2)14-7-12-10(3)15-13(17-12)11-5-6-16(4)8-11/h9,11,14H,5-8H2,1-4H3. The molecule has 1 saturated heterocycles. The van der Waals surface area contributed by atoms with Crippen LogP contribution in [0.25, 0.3) is 0 Å². The maximum Gasteiger partial charge on any atom is 0.0975 e. The van der Waals surface area contributed by atoms with E-state index in [1.165, 1.54) is 35.1 Å². The van der Waals surface area contributed by atoms with E-state index in [0.717, 1.165) is 6.54 Å². The van der Waals surface area contributed by atoms with Gasteiger partial charge in [0.1, 0.15) is 0 Å². The van der Waals surface area contributed by atoms with Gasteiger partial charge in [-0.3, -0.25) is 0 Å². The van der Waals surface area contributed by atoms with E-state index >= 15 is 0 Å². The van der Waals surface area contributed by atoms with Crippen LogP contribution in [0.1, 0.15) is 41.8 Å². The highest BCUT2D eigenvalue weighted by molar-refractivity contribution is 7.11. The average Bonchev–Trinajstić information content (AvgIpc) is 2.82. The van der Waals surface area contributed by atoms with Crippen molar-refractivity contribution in [2.45, 2.75) is 45.7 Å². The molecule has 1 aromatic rings. The second kappa shape index (κ2) is 5.46. The third-order valence-corrected chi connectivity index (χ3v) is 4.64. The topological polar surface area (TPSA) is 28.2 Å². The van der Waals surface area contributed by atoms with Crippen molar-refractivity contribution in [1.82, 2.24) is 15.2 Å². The molecule has 0 aromatic carbocycles. The van der Waals surface area contributed by atoms with E-state index < -0.39 is 0 Å². The Hall–Kier alpha value is -0.450. The number of thiazole rings is 1. The molecule has 1 aliphatic rings. The summed E-state index contributed by atoms with van der Waals surface area (Å²) in [5.41, 5.74) is 1.22. The summed E-state index contributed by atoms with van der Waals surface area (Å²) < 4.78 is 0. The van der Waals surface area contributed by atoms with Gasteiger partial charge in [-0.05, 0) is 26.9 Å². The molecule has 0 spiro atoms. The molecule has 1 unspecified atom stereocenters. The zero-order valence-electron chi connectivity index (χ0n) is 11.3. The lowest BCUT2D eigenvalue weighted by molar-refractivity contribution is 0.411. The molecule has 0 saturated carbocycles. The van der Waals surface area contributed by atoms with Gasteiger partial charge in [-0.2, -0.15) is 0 Å². The Bertz CT molecular complexity index is 373. The van der Waals surface area contributed by atoms with Gasteiger partial charge in [0.2, 0.25) is 0 Å². The van der Waals surface area contributed by atoms with Crippen molar-refractivity contribution in [2.24, 2.45) is 0 Å². The molecule has 2 rings (SSSR count). The molecule has 0 aliphatic carbocycles. The first-order chi connectivity index (χ1) is 8.06. The summed E-state index contributed by atoms with van der Waals surface area (Å²) in [6, 6.07) is 0.539. The van der Waals surface area contributed by atoms with Crippen molar-refractivity contribution in [3.8, 4) is 0 Å². The summed E-state index contributed by atoms with van der Waals surface area (Å²) >= 11 is 1.90. The molecule has 96 valence electrons. The van der Waals surface area contributed by atoms with Crippen LogP contribution in [0.15, 0.2) is 0 Å². The fourth-order valence-corrected chi connectivity index (χ4v) is 3.37. The van der Waals surface area contributed by atoms with E-state index in [2.05, 4.69) is 38.0 Å². The van der Waals surface area contributed by atoms with Crippen LogP contribution < -0.4 is 5.32 Å². The first-order valence-corrected chi connectivity index (χ1v) is 7.26. The highest BCUT2D eigenvalue weighted by Gasteiger charge is 2.24. The molecule has 2 heterocycles. The zero-order chi connectivity index (χ0) is 12.4. The SMILES string of the molecule is Cc1nc(C2CCN(C)C2)sc1CNC(C)C. The molecule has 3 nitrogen and oxygen atoms in total. The maximum absolute atomic E-state index is 4.76. The first-order valence-electron chi connectivity index (χ1n) is 6.44. The highest BCUT2D eigenvalue weighted by Crippen LogP contribution is 2.31. The average molecular weight is 253 g/mol. The Balaban J connectivity index is 2.02. The quantitative estimate of drug-likeness (QED) is 0.893. The molecule has 1 aromatic heterocycles. The minimum absolute atomic E-state index is 0.539. The third-order valence-electron chi connectivity index (χ3n) is 3.32. The van der Waals surface area contributed by atoms with Gasteiger partial charge in [0, 0.05) is 29.9 Å². The van der Waals surface area contributed by atoms with Gasteiger partial charge in [0.15, 0.2) is 0 Å². The number of aryl methyl sites for hydroxylation is 1. The van der Waals surface area contributed by atoms with Crippen molar-refractivity contribution in [2.75, 3.05) is 20.1 Å². The predicted molar refractivity (Wildman–Crippen MR) is 73.7 cm³/mol. The lowest BCUT2D eigenvalue weighted by Crippen LogP contribution is -2.21. The van der Waals surface area contributed by atoms with Crippen LogP contribution in [0.2, 0.25) is 0 Å². The number of likely N-dealkylation sites (tertiary alicyclic amines) is 1. The van der Waals surface area contributed by atoms with Gasteiger partial charge in [0.05, 0.1) is 10.7 Å². The Kier molecular flexibility index (Phi) is 4.17. The largest absolute Gasteiger partial charge is 0.310 e. The molecule has 4 heteroatoms. The molecule has 0 amide bonds. The molecule has 1 fully saturated rings. The Morgan fingerprint density at radius 3 is 2.88 bits per heavy atom. The Morgan fingerprint density at radius 2 is 2.29 bits per heavy atom. The van der Waals surface area contributed by atoms with E-state index in [1.807, 2.05) is 11.3 Å². The van der Waals surface area contributed by atoms with Gasteiger partial charge in [0.25, 0.3) is 0 Å². The summed E-state index contributed by atoms with van der Waals surface area (Å²) in [5, 5.41) is 4.82. The van der Waals surface area contributed by atoms with Gasteiger partial charge < -0.3 is 10.2 Å². The van der Waals surface area contributed by atoms with Crippen molar-refractivity contribution < 1.29 is 0 Å². The number of hydrogen-bond acceptors (Lipinski definition) is 4. The van der Waals surface area contributed by atoms with Crippen molar-refractivity contribution in [3.63, 3.8) is 0 Å². The molecule has 17 heavy (non-hydrogen) atoms. The van der Waals surface area contributed by atoms with E-state index in [1.54, 1.807) is 0 Å². The normalized spacial score (nSPS) is 21.6. The van der Waals surface area contributed by atoms with E-state index in [-0.39, 0.29) is 0 Å². The Labute approximate surface area is 108 Å². The second-order valence-electron chi connectivity index (χ2n) is 5.34. The van der Waals surface area contributed by atoms with Gasteiger partial charge >= 0.3 is 0 Å². The van der Waals surface area contributed by atoms with Crippen molar-refractivity contribution >= 4 is 11.3 Å². The van der Waals surface area contributed by atoms with Crippen LogP contribution in [-0.2, 0) is 6.54 Å². The maximum atomic E-state index is 4.76. The van der Waals surface area contributed by atoms with Crippen molar-refractivity contribution in [1.29, 1.82) is 0 Å². The van der Waals surface area contributed by atoms with E-state index in [9.17, 15) is 0 Å². The Morgan fingerprint density at radius 1 is 1.53 bits per heavy atom. The van der Waals surface area contributed by atoms with Gasteiger partial charge in [-0.1, -0.05) is 13.8 Å². The minimum Gasteiger partial charge on any atom is -0.310 e. The molecule has 1 atom stereocenters. The summed E-state index contributed by atoms with van der Waals surface area (Å²) in [6.45, 7) is 9.85. The monoisotopic (exact) mass is 253 g/mol. The number of aromatic nitrogens is 1. The van der Waals surface area contributed by atoms with Crippen LogP contribution in [0.3, 0.4) is 0 Å². The van der Waals surface area contributed by atoms with Gasteiger partial charge in [-0.15, -0.1) is 11.3 Å². The zero-order valence-corrected chi connectivity index (χ0v) is 12.1. The summed E-state index contributed by atoms with van der Waals surface area (Å²) in [5.74, 6) is 0.663. The lowest BCUT2D eigenvalue weighted by Gasteiger charge is -2.07. The molecule has 1 aliphatic heterocycles. The van der Waals surface area contributed by atoms with E-state index in [4.69, 9.17) is 4.98 Å². The van der Waals surface area contributed by atoms with E-state index in [0.29, 0.717) is 12.0 Å². The molecule has 0 radical (unpaired) electrons. The number of hydrogen-bond donors (Lipinski definition) is 1. The lowest BCUT2D eigenvalue weighted by atomic mass is 10.1. The number of nitrogens with one attached hydrogen (secondary N) is 1. The molecular weight excluding hydrogens is 230 g/mol. The summed E-state index contributed by atoms with van der Waals surface area (Å²) in [7, 11) is 2.20. The smallest absolute Gasteiger partial charge is 0.0975 e. The van der Waals surface area contributed by atoms with Crippen molar-refractivity contribution in [3.05, 3.63) is 15.6 Å². The second-order valence-corrected chi connectivity index (χ2v) is 6.46. The first kappa shape index (κ1) is 13.0. The van der Waals surface area contributed by atoms with Gasteiger partial charge in [-0.25, -0.2) is 4.98 Å². The summed E-state index contributed by atoms with van der Waals surface area (Å²) in [6.07, 6.45) is 1.26. The molecule has 0 bridgehead atoms. The number of nitrogens with zero attached hydrogens (tertiary/aromatic N) is 2. The predicted octanol–water partition coefficient (Wildman–Crippen LogP) is 2.37. The third kappa shape index (κ3) is 3.27. The highest BCUT2D eigenvalue weighted by atomic mass is 32.1. The van der Waals surface area contributed by atoms with Crippen LogP contribution in [0.5, 0.6) is 0 Å². The van der Waals surface area contributed by atoms with Crippen LogP contribution >= 0.6 is 11.3 Å². The number of likely N-dealkylation sites (N-methyl/N-ethyl adjacent to an activating group) is 1. The van der Waals surface area contributed by atoms with Crippen LogP contribution in [-0.4, -0.2) is 36.1 Å². The molecular formula is C13H23N3S. The fourth-order valence-electron chi connectivity index (χ4n) is 2.22. The summed E-state index contributed by atoms with van der Waals surface area (Å²) in [4.78, 5) is 8.56. The molecule has 1 N–H and O–H groups in total. The van der Waals surface area contributed by atoms with Crippen LogP contribution in [0, 0.1) is 6.92 Å². The van der Waals surface area contributed by atoms with Crippen LogP contribution in [0.4, 0.5) is 0 Å².